The second kappa shape index (κ2) is 6.89. The van der Waals surface area contributed by atoms with E-state index in [9.17, 15) is 10.1 Å². The van der Waals surface area contributed by atoms with Crippen LogP contribution >= 0.6 is 11.8 Å². The Labute approximate surface area is 104 Å². The normalized spacial score (nSPS) is 11.8. The Hall–Kier alpha value is -1.58. The summed E-state index contributed by atoms with van der Waals surface area (Å²) < 4.78 is 0. The monoisotopic (exact) mass is 251 g/mol. The largest absolute Gasteiger partial charge is 0.330 e. The number of nitro groups is 1. The van der Waals surface area contributed by atoms with Crippen LogP contribution in [0.4, 0.5) is 0 Å². The van der Waals surface area contributed by atoms with Gasteiger partial charge < -0.3 is 5.73 Å². The molecule has 0 heterocycles. The van der Waals surface area contributed by atoms with Crippen molar-refractivity contribution in [1.82, 2.24) is 0 Å². The summed E-state index contributed by atoms with van der Waals surface area (Å²) in [7, 11) is 0. The summed E-state index contributed by atoms with van der Waals surface area (Å²) in [5, 5.41) is 19.0. The van der Waals surface area contributed by atoms with Crippen LogP contribution in [-0.4, -0.2) is 23.8 Å². The van der Waals surface area contributed by atoms with Gasteiger partial charge in [-0.1, -0.05) is 12.1 Å². The zero-order valence-corrected chi connectivity index (χ0v) is 10.0. The van der Waals surface area contributed by atoms with E-state index in [0.717, 1.165) is 5.56 Å². The molecule has 0 aliphatic carbocycles. The number of nitriles is 1. The number of nitrogens with two attached hydrogens (primary N) is 1. The van der Waals surface area contributed by atoms with Crippen LogP contribution in [0.5, 0.6) is 0 Å². The highest BCUT2D eigenvalue weighted by Crippen LogP contribution is 2.28. The molecule has 0 fully saturated rings. The summed E-state index contributed by atoms with van der Waals surface area (Å²) in [5.41, 5.74) is 6.81. The molecule has 0 aliphatic heterocycles. The molecule has 1 atom stereocenters. The van der Waals surface area contributed by atoms with Crippen molar-refractivity contribution in [3.05, 3.63) is 45.5 Å². The van der Waals surface area contributed by atoms with E-state index in [-0.39, 0.29) is 16.7 Å². The number of nitrogens with zero attached hydrogens (tertiary/aromatic N) is 2. The molecule has 0 saturated carbocycles. The van der Waals surface area contributed by atoms with Crippen LogP contribution in [0.3, 0.4) is 0 Å². The van der Waals surface area contributed by atoms with E-state index in [0.29, 0.717) is 17.9 Å². The minimum Gasteiger partial charge on any atom is -0.330 e. The van der Waals surface area contributed by atoms with E-state index >= 15 is 0 Å². The molecule has 6 heteroatoms. The van der Waals surface area contributed by atoms with E-state index in [1.54, 1.807) is 24.3 Å². The minimum absolute atomic E-state index is 0.128. The lowest BCUT2D eigenvalue weighted by Gasteiger charge is -2.12. The van der Waals surface area contributed by atoms with Crippen molar-refractivity contribution in [1.29, 1.82) is 5.26 Å². The van der Waals surface area contributed by atoms with Gasteiger partial charge in [0.1, 0.15) is 0 Å². The average Bonchev–Trinajstić information content (AvgIpc) is 2.34. The molecule has 1 unspecified atom stereocenters. The molecular weight excluding hydrogens is 238 g/mol. The molecule has 1 rings (SSSR count). The van der Waals surface area contributed by atoms with Crippen LogP contribution in [0.25, 0.3) is 0 Å². The molecule has 2 N–H and O–H groups in total. The highest BCUT2D eigenvalue weighted by Gasteiger charge is 2.17. The van der Waals surface area contributed by atoms with Gasteiger partial charge in [0.15, 0.2) is 0 Å². The quantitative estimate of drug-likeness (QED) is 0.611. The summed E-state index contributed by atoms with van der Waals surface area (Å²) in [6.45, 7) is 0.367. The smallest absolute Gasteiger partial charge is 0.219 e. The number of thioether (sulfide) groups is 1. The summed E-state index contributed by atoms with van der Waals surface area (Å²) in [6, 6.07) is 8.88. The maximum atomic E-state index is 10.6. The first kappa shape index (κ1) is 13.5. The van der Waals surface area contributed by atoms with Gasteiger partial charge in [0.2, 0.25) is 6.54 Å². The minimum atomic E-state index is -0.327. The topological polar surface area (TPSA) is 92.9 Å². The van der Waals surface area contributed by atoms with Crippen LogP contribution in [0.2, 0.25) is 0 Å². The SMILES string of the molecule is N#Cc1ccc(C(C[N+](=O)[O-])SCCN)cc1. The maximum Gasteiger partial charge on any atom is 0.219 e. The highest BCUT2D eigenvalue weighted by atomic mass is 32.2. The van der Waals surface area contributed by atoms with Gasteiger partial charge in [0, 0.05) is 17.2 Å². The molecule has 90 valence electrons. The molecule has 1 aromatic carbocycles. The third-order valence-electron chi connectivity index (χ3n) is 2.16. The zero-order valence-electron chi connectivity index (χ0n) is 9.20. The third kappa shape index (κ3) is 4.43. The predicted molar refractivity (Wildman–Crippen MR) is 67.3 cm³/mol. The number of hydrogen-bond donors (Lipinski definition) is 1. The molecule has 0 aliphatic rings. The first-order valence-corrected chi connectivity index (χ1v) is 6.15. The van der Waals surface area contributed by atoms with Gasteiger partial charge in [-0.3, -0.25) is 10.1 Å². The molecule has 0 saturated heterocycles. The second-order valence-corrected chi connectivity index (χ2v) is 4.71. The third-order valence-corrected chi connectivity index (χ3v) is 3.46. The number of benzene rings is 1. The fraction of sp³-hybridized carbons (Fsp3) is 0.364. The first-order valence-electron chi connectivity index (χ1n) is 5.11. The van der Waals surface area contributed by atoms with Crippen molar-refractivity contribution in [3.63, 3.8) is 0 Å². The van der Waals surface area contributed by atoms with Gasteiger partial charge >= 0.3 is 0 Å². The fourth-order valence-electron chi connectivity index (χ4n) is 1.37. The second-order valence-electron chi connectivity index (χ2n) is 3.40. The van der Waals surface area contributed by atoms with Crippen molar-refractivity contribution < 1.29 is 4.92 Å². The van der Waals surface area contributed by atoms with Gasteiger partial charge in [0.25, 0.3) is 0 Å². The number of rotatable bonds is 6. The van der Waals surface area contributed by atoms with E-state index in [4.69, 9.17) is 11.0 Å². The van der Waals surface area contributed by atoms with Crippen LogP contribution in [0.15, 0.2) is 24.3 Å². The van der Waals surface area contributed by atoms with E-state index in [2.05, 4.69) is 0 Å². The number of hydrogen-bond acceptors (Lipinski definition) is 5. The van der Waals surface area contributed by atoms with Crippen molar-refractivity contribution in [2.75, 3.05) is 18.8 Å². The maximum absolute atomic E-state index is 10.6. The van der Waals surface area contributed by atoms with Crippen molar-refractivity contribution in [2.45, 2.75) is 5.25 Å². The predicted octanol–water partition coefficient (Wildman–Crippen LogP) is 1.57. The lowest BCUT2D eigenvalue weighted by Crippen LogP contribution is -2.12. The lowest BCUT2D eigenvalue weighted by atomic mass is 10.1. The van der Waals surface area contributed by atoms with Crippen LogP contribution in [0.1, 0.15) is 16.4 Å². The fourth-order valence-corrected chi connectivity index (χ4v) is 2.37. The Morgan fingerprint density at radius 1 is 1.47 bits per heavy atom. The van der Waals surface area contributed by atoms with E-state index < -0.39 is 0 Å². The van der Waals surface area contributed by atoms with Gasteiger partial charge in [-0.05, 0) is 17.7 Å². The average molecular weight is 251 g/mol. The van der Waals surface area contributed by atoms with Gasteiger partial charge in [-0.25, -0.2) is 0 Å². The summed E-state index contributed by atoms with van der Waals surface area (Å²) >= 11 is 1.47. The van der Waals surface area contributed by atoms with Gasteiger partial charge in [0.05, 0.1) is 16.9 Å². The Morgan fingerprint density at radius 2 is 2.12 bits per heavy atom. The Kier molecular flexibility index (Phi) is 5.46. The van der Waals surface area contributed by atoms with Crippen LogP contribution in [0, 0.1) is 21.4 Å². The summed E-state index contributed by atoms with van der Waals surface area (Å²) in [4.78, 5) is 10.3. The molecule has 0 bridgehead atoms. The van der Waals surface area contributed by atoms with Crippen molar-refractivity contribution >= 4 is 11.8 Å². The molecule has 0 spiro atoms. The molecular formula is C11H13N3O2S. The van der Waals surface area contributed by atoms with E-state index in [1.807, 2.05) is 6.07 Å². The zero-order chi connectivity index (χ0) is 12.7. The molecule has 0 radical (unpaired) electrons. The molecule has 0 aromatic heterocycles. The van der Waals surface area contributed by atoms with Crippen LogP contribution in [-0.2, 0) is 0 Å². The highest BCUT2D eigenvalue weighted by molar-refractivity contribution is 7.99. The van der Waals surface area contributed by atoms with Crippen molar-refractivity contribution in [2.24, 2.45) is 5.73 Å². The molecule has 0 amide bonds. The molecule has 17 heavy (non-hydrogen) atoms. The van der Waals surface area contributed by atoms with Crippen molar-refractivity contribution in [3.8, 4) is 6.07 Å². The van der Waals surface area contributed by atoms with E-state index in [1.165, 1.54) is 11.8 Å². The summed E-state index contributed by atoms with van der Waals surface area (Å²) in [6.07, 6.45) is 0. The Bertz CT molecular complexity index is 414. The summed E-state index contributed by atoms with van der Waals surface area (Å²) in [5.74, 6) is 0.679. The van der Waals surface area contributed by atoms with Gasteiger partial charge in [-0.2, -0.15) is 5.26 Å². The first-order chi connectivity index (χ1) is 8.17. The Morgan fingerprint density at radius 3 is 2.59 bits per heavy atom. The van der Waals surface area contributed by atoms with Crippen LogP contribution < -0.4 is 5.73 Å². The molecule has 1 aromatic rings. The standard InChI is InChI=1S/C11H13N3O2S/c12-5-6-17-11(8-14(15)16)10-3-1-9(7-13)2-4-10/h1-4,11H,5-6,8,12H2. The Balaban J connectivity index is 2.80. The van der Waals surface area contributed by atoms with Gasteiger partial charge in [-0.15, -0.1) is 11.8 Å². The molecule has 5 nitrogen and oxygen atoms in total. The lowest BCUT2D eigenvalue weighted by molar-refractivity contribution is -0.479.